The molecule has 1 unspecified atom stereocenters. The second-order valence-electron chi connectivity index (χ2n) is 4.42. The number of aromatic nitrogens is 1. The van der Waals surface area contributed by atoms with Gasteiger partial charge in [-0.1, -0.05) is 0 Å². The van der Waals surface area contributed by atoms with Crippen LogP contribution in [0.5, 0.6) is 0 Å². The van der Waals surface area contributed by atoms with Crippen LogP contribution in [0, 0.1) is 6.92 Å². The summed E-state index contributed by atoms with van der Waals surface area (Å²) in [6.45, 7) is 7.08. The molecule has 0 radical (unpaired) electrons. The largest absolute Gasteiger partial charge is 0.477 e. The number of carbonyl (C=O) groups excluding carboxylic acids is 1. The molecule has 106 valence electrons. The third-order valence-electron chi connectivity index (χ3n) is 2.30. The van der Waals surface area contributed by atoms with Gasteiger partial charge >= 0.3 is 5.97 Å². The average molecular weight is 286 g/mol. The maximum absolute atomic E-state index is 11.6. The highest BCUT2D eigenvalue weighted by molar-refractivity contribution is 7.13. The van der Waals surface area contributed by atoms with Crippen molar-refractivity contribution in [3.05, 3.63) is 15.6 Å². The predicted octanol–water partition coefficient (Wildman–Crippen LogP) is 1.75. The van der Waals surface area contributed by atoms with E-state index in [0.29, 0.717) is 10.7 Å². The van der Waals surface area contributed by atoms with Crippen LogP contribution in [0.3, 0.4) is 0 Å². The lowest BCUT2D eigenvalue weighted by Crippen LogP contribution is -2.31. The van der Waals surface area contributed by atoms with E-state index in [1.165, 1.54) is 0 Å². The summed E-state index contributed by atoms with van der Waals surface area (Å²) >= 11 is 1.08. The molecule has 6 nitrogen and oxygen atoms in total. The number of carboxylic acids is 1. The number of nitrogens with one attached hydrogen (secondary N) is 1. The van der Waals surface area contributed by atoms with Crippen LogP contribution in [0.4, 0.5) is 0 Å². The van der Waals surface area contributed by atoms with Crippen LogP contribution in [0.1, 0.15) is 47.2 Å². The molecular weight excluding hydrogens is 268 g/mol. The summed E-state index contributed by atoms with van der Waals surface area (Å²) < 4.78 is 5.18. The van der Waals surface area contributed by atoms with Crippen molar-refractivity contribution in [2.75, 3.05) is 6.61 Å². The van der Waals surface area contributed by atoms with Crippen LogP contribution in [-0.4, -0.2) is 34.7 Å². The number of thiazole rings is 1. The van der Waals surface area contributed by atoms with Crippen LogP contribution >= 0.6 is 11.3 Å². The first-order chi connectivity index (χ1) is 8.81. The summed E-state index contributed by atoms with van der Waals surface area (Å²) in [7, 11) is 0. The molecule has 0 spiro atoms. The van der Waals surface area contributed by atoms with Crippen molar-refractivity contribution in [1.29, 1.82) is 0 Å². The van der Waals surface area contributed by atoms with Crippen LogP contribution in [-0.2, 0) is 9.53 Å². The number of ether oxygens (including phenoxy) is 1. The van der Waals surface area contributed by atoms with Gasteiger partial charge in [0.2, 0.25) is 5.91 Å². The van der Waals surface area contributed by atoms with Gasteiger partial charge in [-0.05, 0) is 27.7 Å². The minimum atomic E-state index is -0.997. The third kappa shape index (κ3) is 4.60. The fourth-order valence-electron chi connectivity index (χ4n) is 1.39. The van der Waals surface area contributed by atoms with Crippen molar-refractivity contribution in [2.24, 2.45) is 0 Å². The standard InChI is InChI=1S/C12H18N2O4S/c1-6(2)18-5-9(15)13-8(4)11-14-7(3)10(19-11)12(16)17/h6,8H,5H2,1-4H3,(H,13,15)(H,16,17). The zero-order valence-electron chi connectivity index (χ0n) is 11.4. The van der Waals surface area contributed by atoms with E-state index >= 15 is 0 Å². The highest BCUT2D eigenvalue weighted by Crippen LogP contribution is 2.23. The van der Waals surface area contributed by atoms with Crippen molar-refractivity contribution >= 4 is 23.2 Å². The first-order valence-corrected chi connectivity index (χ1v) is 6.74. The summed E-state index contributed by atoms with van der Waals surface area (Å²) in [5.74, 6) is -1.24. The summed E-state index contributed by atoms with van der Waals surface area (Å²) in [5.41, 5.74) is 0.465. The van der Waals surface area contributed by atoms with Crippen molar-refractivity contribution in [3.8, 4) is 0 Å². The number of aromatic carboxylic acids is 1. The van der Waals surface area contributed by atoms with Gasteiger partial charge in [0.05, 0.1) is 17.8 Å². The molecule has 0 bridgehead atoms. The molecule has 0 aliphatic rings. The van der Waals surface area contributed by atoms with E-state index in [2.05, 4.69) is 10.3 Å². The van der Waals surface area contributed by atoms with Gasteiger partial charge in [-0.15, -0.1) is 11.3 Å². The monoisotopic (exact) mass is 286 g/mol. The first kappa shape index (κ1) is 15.6. The predicted molar refractivity (Wildman–Crippen MR) is 71.5 cm³/mol. The van der Waals surface area contributed by atoms with E-state index in [1.54, 1.807) is 13.8 Å². The molecular formula is C12H18N2O4S. The Morgan fingerprint density at radius 3 is 2.53 bits per heavy atom. The smallest absolute Gasteiger partial charge is 0.347 e. The lowest BCUT2D eigenvalue weighted by Gasteiger charge is -2.12. The molecule has 0 saturated carbocycles. The van der Waals surface area contributed by atoms with E-state index in [9.17, 15) is 9.59 Å². The zero-order chi connectivity index (χ0) is 14.6. The summed E-state index contributed by atoms with van der Waals surface area (Å²) in [5, 5.41) is 12.2. The molecule has 1 atom stereocenters. The van der Waals surface area contributed by atoms with Crippen LogP contribution in [0.2, 0.25) is 0 Å². The SMILES string of the molecule is Cc1nc(C(C)NC(=O)COC(C)C)sc1C(=O)O. The lowest BCUT2D eigenvalue weighted by molar-refractivity contribution is -0.127. The van der Waals surface area contributed by atoms with Crippen LogP contribution in [0.25, 0.3) is 0 Å². The fourth-order valence-corrected chi connectivity index (χ4v) is 2.30. The van der Waals surface area contributed by atoms with Crippen molar-refractivity contribution in [3.63, 3.8) is 0 Å². The summed E-state index contributed by atoms with van der Waals surface area (Å²) in [6, 6.07) is -0.333. The van der Waals surface area contributed by atoms with Crippen molar-refractivity contribution in [1.82, 2.24) is 10.3 Å². The van der Waals surface area contributed by atoms with Crippen molar-refractivity contribution in [2.45, 2.75) is 39.8 Å². The molecule has 1 amide bonds. The van der Waals surface area contributed by atoms with E-state index in [1.807, 2.05) is 13.8 Å². The maximum Gasteiger partial charge on any atom is 0.347 e. The van der Waals surface area contributed by atoms with Gasteiger partial charge in [-0.25, -0.2) is 9.78 Å². The Labute approximate surface area is 115 Å². The number of carboxylic acid groups (broad SMARTS) is 1. The topological polar surface area (TPSA) is 88.5 Å². The molecule has 0 aliphatic heterocycles. The Bertz CT molecular complexity index is 470. The van der Waals surface area contributed by atoms with Gasteiger partial charge in [-0.3, -0.25) is 4.79 Å². The second kappa shape index (κ2) is 6.63. The average Bonchev–Trinajstić information content (AvgIpc) is 2.69. The van der Waals surface area contributed by atoms with E-state index in [0.717, 1.165) is 11.3 Å². The lowest BCUT2D eigenvalue weighted by atomic mass is 10.3. The van der Waals surface area contributed by atoms with E-state index < -0.39 is 5.97 Å². The molecule has 1 heterocycles. The Kier molecular flexibility index (Phi) is 5.44. The number of carbonyl (C=O) groups is 2. The van der Waals surface area contributed by atoms with E-state index in [-0.39, 0.29) is 29.5 Å². The number of nitrogens with zero attached hydrogens (tertiary/aromatic N) is 1. The molecule has 7 heteroatoms. The minimum absolute atomic E-state index is 0.0122. The Morgan fingerprint density at radius 2 is 2.05 bits per heavy atom. The van der Waals surface area contributed by atoms with E-state index in [4.69, 9.17) is 9.84 Å². The minimum Gasteiger partial charge on any atom is -0.477 e. The Morgan fingerprint density at radius 1 is 1.42 bits per heavy atom. The van der Waals surface area contributed by atoms with Gasteiger partial charge in [0.1, 0.15) is 16.5 Å². The number of aryl methyl sites for hydroxylation is 1. The van der Waals surface area contributed by atoms with Crippen molar-refractivity contribution < 1.29 is 19.4 Å². The normalized spacial score (nSPS) is 12.5. The number of hydrogen-bond acceptors (Lipinski definition) is 5. The fraction of sp³-hybridized carbons (Fsp3) is 0.583. The van der Waals surface area contributed by atoms with Crippen LogP contribution < -0.4 is 5.32 Å². The summed E-state index contributed by atoms with van der Waals surface area (Å²) in [4.78, 5) is 26.9. The molecule has 19 heavy (non-hydrogen) atoms. The molecule has 1 aromatic rings. The van der Waals surface area contributed by atoms with Gasteiger partial charge in [0.15, 0.2) is 0 Å². The number of hydrogen-bond donors (Lipinski definition) is 2. The molecule has 0 saturated heterocycles. The Hall–Kier alpha value is -1.47. The maximum atomic E-state index is 11.6. The van der Waals surface area contributed by atoms with Gasteiger partial charge < -0.3 is 15.2 Å². The summed E-state index contributed by atoms with van der Waals surface area (Å²) in [6.07, 6.45) is -0.0122. The molecule has 0 fully saturated rings. The molecule has 2 N–H and O–H groups in total. The highest BCUT2D eigenvalue weighted by atomic mass is 32.1. The molecule has 1 aromatic heterocycles. The molecule has 0 aliphatic carbocycles. The third-order valence-corrected chi connectivity index (χ3v) is 3.63. The number of amides is 1. The Balaban J connectivity index is 2.63. The second-order valence-corrected chi connectivity index (χ2v) is 5.45. The van der Waals surface area contributed by atoms with Gasteiger partial charge in [0.25, 0.3) is 0 Å². The quantitative estimate of drug-likeness (QED) is 0.831. The number of rotatable bonds is 6. The molecule has 0 aromatic carbocycles. The van der Waals surface area contributed by atoms with Crippen LogP contribution in [0.15, 0.2) is 0 Å². The van der Waals surface area contributed by atoms with Gasteiger partial charge in [-0.2, -0.15) is 0 Å². The van der Waals surface area contributed by atoms with Gasteiger partial charge in [0, 0.05) is 0 Å². The highest BCUT2D eigenvalue weighted by Gasteiger charge is 2.19. The molecule has 1 rings (SSSR count). The zero-order valence-corrected chi connectivity index (χ0v) is 12.2. The first-order valence-electron chi connectivity index (χ1n) is 5.92.